The molecule has 0 amide bonds. The predicted octanol–water partition coefficient (Wildman–Crippen LogP) is 1.00. The smallest absolute Gasteiger partial charge is 0.191 e. The van der Waals surface area contributed by atoms with Gasteiger partial charge in [0.15, 0.2) is 5.96 Å². The van der Waals surface area contributed by atoms with Gasteiger partial charge in [-0.05, 0) is 12.1 Å². The van der Waals surface area contributed by atoms with Gasteiger partial charge in [0.05, 0.1) is 25.5 Å². The first-order valence-electron chi connectivity index (χ1n) is 4.67. The lowest BCUT2D eigenvalue weighted by atomic mass is 10.3. The van der Waals surface area contributed by atoms with Crippen molar-refractivity contribution in [2.45, 2.75) is 6.54 Å². The van der Waals surface area contributed by atoms with Crippen molar-refractivity contribution in [2.75, 3.05) is 21.2 Å². The van der Waals surface area contributed by atoms with Gasteiger partial charge in [0.25, 0.3) is 0 Å². The van der Waals surface area contributed by atoms with Crippen LogP contribution in [0.3, 0.4) is 0 Å². The minimum Gasteiger partial charge on any atom is -0.495 e. The van der Waals surface area contributed by atoms with Crippen LogP contribution < -0.4 is 15.4 Å². The number of guanidine groups is 1. The number of nitrogens with one attached hydrogen (secondary N) is 2. The topological polar surface area (TPSA) is 58.5 Å². The Kier molecular flexibility index (Phi) is 7.61. The number of hydrogen-bond acceptors (Lipinski definition) is 3. The van der Waals surface area contributed by atoms with Crippen molar-refractivity contribution in [1.29, 1.82) is 0 Å². The molecule has 0 aliphatic carbocycles. The van der Waals surface area contributed by atoms with E-state index in [0.717, 1.165) is 17.4 Å². The number of methoxy groups -OCH3 is 1. The molecule has 1 aromatic rings. The fraction of sp³-hybridized carbons (Fsp3) is 0.400. The third-order valence-corrected chi connectivity index (χ3v) is 1.93. The van der Waals surface area contributed by atoms with Crippen LogP contribution in [0.2, 0.25) is 0 Å². The fourth-order valence-electron chi connectivity index (χ4n) is 1.09. The van der Waals surface area contributed by atoms with E-state index < -0.39 is 0 Å². The molecule has 1 rings (SSSR count). The maximum Gasteiger partial charge on any atom is 0.191 e. The van der Waals surface area contributed by atoms with Gasteiger partial charge >= 0.3 is 0 Å². The minimum atomic E-state index is 0. The van der Waals surface area contributed by atoms with Gasteiger partial charge in [-0.2, -0.15) is 0 Å². The van der Waals surface area contributed by atoms with E-state index in [1.165, 1.54) is 0 Å². The molecule has 0 fully saturated rings. The third kappa shape index (κ3) is 4.65. The average molecular weight is 336 g/mol. The molecular formula is C10H17IN4O. The zero-order valence-electron chi connectivity index (χ0n) is 9.65. The lowest BCUT2D eigenvalue weighted by Crippen LogP contribution is -2.34. The normalized spacial score (nSPS) is 10.3. The van der Waals surface area contributed by atoms with Crippen molar-refractivity contribution in [3.05, 3.63) is 24.0 Å². The number of halogens is 1. The Morgan fingerprint density at radius 3 is 2.69 bits per heavy atom. The van der Waals surface area contributed by atoms with Gasteiger partial charge < -0.3 is 15.4 Å². The van der Waals surface area contributed by atoms with E-state index in [1.54, 1.807) is 20.4 Å². The second kappa shape index (κ2) is 8.14. The maximum atomic E-state index is 5.02. The molecule has 0 bridgehead atoms. The molecule has 5 nitrogen and oxygen atoms in total. The molecule has 0 atom stereocenters. The van der Waals surface area contributed by atoms with Gasteiger partial charge in [0.1, 0.15) is 5.75 Å². The quantitative estimate of drug-likeness (QED) is 0.491. The molecule has 0 saturated heterocycles. The summed E-state index contributed by atoms with van der Waals surface area (Å²) in [6, 6.07) is 3.79. The van der Waals surface area contributed by atoms with Crippen LogP contribution in [0, 0.1) is 0 Å². The monoisotopic (exact) mass is 336 g/mol. The number of nitrogens with zero attached hydrogens (tertiary/aromatic N) is 2. The summed E-state index contributed by atoms with van der Waals surface area (Å²) in [6.07, 6.45) is 1.69. The van der Waals surface area contributed by atoms with Gasteiger partial charge in [-0.15, -0.1) is 24.0 Å². The lowest BCUT2D eigenvalue weighted by molar-refractivity contribution is 0.412. The van der Waals surface area contributed by atoms with Gasteiger partial charge in [-0.3, -0.25) is 9.98 Å². The highest BCUT2D eigenvalue weighted by Crippen LogP contribution is 2.07. The van der Waals surface area contributed by atoms with Crippen LogP contribution in [-0.4, -0.2) is 32.1 Å². The van der Waals surface area contributed by atoms with E-state index in [1.807, 2.05) is 19.2 Å². The van der Waals surface area contributed by atoms with Gasteiger partial charge in [0.2, 0.25) is 0 Å². The zero-order chi connectivity index (χ0) is 11.1. The van der Waals surface area contributed by atoms with Crippen molar-refractivity contribution >= 4 is 29.9 Å². The summed E-state index contributed by atoms with van der Waals surface area (Å²) in [5.74, 6) is 1.50. The van der Waals surface area contributed by atoms with E-state index in [9.17, 15) is 0 Å². The van der Waals surface area contributed by atoms with Crippen molar-refractivity contribution in [2.24, 2.45) is 4.99 Å². The standard InChI is InChI=1S/C10H16N4O.HI/c1-11-10(12-2)14-6-8-4-5-9(15-3)7-13-8;/h4-5,7H,6H2,1-3H3,(H2,11,12,14);1H. The van der Waals surface area contributed by atoms with E-state index in [-0.39, 0.29) is 24.0 Å². The molecule has 16 heavy (non-hydrogen) atoms. The molecule has 90 valence electrons. The van der Waals surface area contributed by atoms with Crippen LogP contribution in [0.25, 0.3) is 0 Å². The Morgan fingerprint density at radius 2 is 2.25 bits per heavy atom. The predicted molar refractivity (Wildman–Crippen MR) is 75.5 cm³/mol. The Labute approximate surface area is 113 Å². The minimum absolute atomic E-state index is 0. The number of ether oxygens (including phenoxy) is 1. The first-order chi connectivity index (χ1) is 7.30. The second-order valence-corrected chi connectivity index (χ2v) is 2.87. The molecule has 1 aromatic heterocycles. The Balaban J connectivity index is 0.00000225. The molecule has 0 aromatic carbocycles. The summed E-state index contributed by atoms with van der Waals surface area (Å²) in [5, 5.41) is 6.04. The van der Waals surface area contributed by atoms with Crippen molar-refractivity contribution in [1.82, 2.24) is 15.6 Å². The van der Waals surface area contributed by atoms with E-state index in [0.29, 0.717) is 6.54 Å². The molecule has 6 heteroatoms. The average Bonchev–Trinajstić information content (AvgIpc) is 2.31. The van der Waals surface area contributed by atoms with E-state index >= 15 is 0 Å². The number of aliphatic imine (C=N–C) groups is 1. The highest BCUT2D eigenvalue weighted by Gasteiger charge is 1.97. The molecule has 1 heterocycles. The van der Waals surface area contributed by atoms with Crippen LogP contribution in [0.15, 0.2) is 23.3 Å². The molecule has 0 aliphatic rings. The van der Waals surface area contributed by atoms with Gasteiger partial charge in [0, 0.05) is 14.1 Å². The molecule has 2 N–H and O–H groups in total. The van der Waals surface area contributed by atoms with Crippen LogP contribution in [0.5, 0.6) is 5.75 Å². The largest absolute Gasteiger partial charge is 0.495 e. The van der Waals surface area contributed by atoms with Gasteiger partial charge in [-0.25, -0.2) is 0 Å². The number of rotatable bonds is 3. The SMILES string of the molecule is CN=C(NC)NCc1ccc(OC)cn1.I. The van der Waals surface area contributed by atoms with Gasteiger partial charge in [-0.1, -0.05) is 0 Å². The summed E-state index contributed by atoms with van der Waals surface area (Å²) in [5.41, 5.74) is 0.937. The number of aromatic nitrogens is 1. The Morgan fingerprint density at radius 1 is 1.50 bits per heavy atom. The molecule has 0 aliphatic heterocycles. The zero-order valence-corrected chi connectivity index (χ0v) is 12.0. The molecule has 0 spiro atoms. The van der Waals surface area contributed by atoms with Crippen LogP contribution in [-0.2, 0) is 6.54 Å². The van der Waals surface area contributed by atoms with Crippen molar-refractivity contribution in [3.63, 3.8) is 0 Å². The molecule has 0 saturated carbocycles. The molecule has 0 radical (unpaired) electrons. The Bertz CT molecular complexity index is 326. The summed E-state index contributed by atoms with van der Waals surface area (Å²) >= 11 is 0. The highest BCUT2D eigenvalue weighted by molar-refractivity contribution is 14.0. The van der Waals surface area contributed by atoms with Crippen molar-refractivity contribution in [3.8, 4) is 5.75 Å². The molecular weight excluding hydrogens is 319 g/mol. The van der Waals surface area contributed by atoms with Crippen LogP contribution >= 0.6 is 24.0 Å². The Hall–Kier alpha value is -1.05. The fourth-order valence-corrected chi connectivity index (χ4v) is 1.09. The molecule has 0 unspecified atom stereocenters. The summed E-state index contributed by atoms with van der Waals surface area (Å²) in [6.45, 7) is 0.636. The van der Waals surface area contributed by atoms with E-state index in [4.69, 9.17) is 4.74 Å². The first-order valence-corrected chi connectivity index (χ1v) is 4.67. The second-order valence-electron chi connectivity index (χ2n) is 2.87. The number of hydrogen-bond donors (Lipinski definition) is 2. The number of pyridine rings is 1. The lowest BCUT2D eigenvalue weighted by Gasteiger charge is -2.07. The summed E-state index contributed by atoms with van der Waals surface area (Å²) in [7, 11) is 5.16. The third-order valence-electron chi connectivity index (χ3n) is 1.93. The highest BCUT2D eigenvalue weighted by atomic mass is 127. The van der Waals surface area contributed by atoms with Crippen LogP contribution in [0.1, 0.15) is 5.69 Å². The van der Waals surface area contributed by atoms with E-state index in [2.05, 4.69) is 20.6 Å². The summed E-state index contributed by atoms with van der Waals surface area (Å²) in [4.78, 5) is 8.22. The summed E-state index contributed by atoms with van der Waals surface area (Å²) < 4.78 is 5.02. The first kappa shape index (κ1) is 14.9. The maximum absolute atomic E-state index is 5.02. The van der Waals surface area contributed by atoms with Crippen molar-refractivity contribution < 1.29 is 4.74 Å². The van der Waals surface area contributed by atoms with Crippen LogP contribution in [0.4, 0.5) is 0 Å².